The van der Waals surface area contributed by atoms with Crippen LogP contribution in [0.2, 0.25) is 0 Å². The van der Waals surface area contributed by atoms with Crippen LogP contribution >= 0.6 is 0 Å². The second kappa shape index (κ2) is 7.62. The van der Waals surface area contributed by atoms with Gasteiger partial charge in [-0.25, -0.2) is 4.79 Å². The van der Waals surface area contributed by atoms with Crippen molar-refractivity contribution in [1.29, 1.82) is 0 Å². The molecule has 0 heterocycles. The van der Waals surface area contributed by atoms with E-state index in [1.165, 1.54) is 13.1 Å². The Morgan fingerprint density at radius 2 is 2.19 bits per heavy atom. The standard InChI is InChI=1S/C11H18N2O3/c1-5-6-9(4)7-12-16-11(15)13-10(14)8(2)3/h7,9H,2,5-6H2,1,3-4H3,(H,13,14,15). The zero-order valence-corrected chi connectivity index (χ0v) is 9.95. The van der Waals surface area contributed by atoms with E-state index in [2.05, 4.69) is 23.5 Å². The Labute approximate surface area is 95.5 Å². The van der Waals surface area contributed by atoms with Crippen molar-refractivity contribution in [3.63, 3.8) is 0 Å². The molecule has 90 valence electrons. The molecule has 1 atom stereocenters. The van der Waals surface area contributed by atoms with Crippen LogP contribution in [-0.2, 0) is 9.63 Å². The Kier molecular flexibility index (Phi) is 6.83. The van der Waals surface area contributed by atoms with Gasteiger partial charge in [-0.3, -0.25) is 14.9 Å². The molecule has 0 saturated carbocycles. The molecule has 0 aliphatic rings. The maximum absolute atomic E-state index is 11.0. The third-order valence-corrected chi connectivity index (χ3v) is 1.80. The zero-order chi connectivity index (χ0) is 12.6. The van der Waals surface area contributed by atoms with Crippen molar-refractivity contribution in [3.05, 3.63) is 12.2 Å². The lowest BCUT2D eigenvalue weighted by atomic mass is 10.1. The minimum atomic E-state index is -0.895. The summed E-state index contributed by atoms with van der Waals surface area (Å²) in [5.41, 5.74) is 0.236. The van der Waals surface area contributed by atoms with Crippen molar-refractivity contribution in [2.45, 2.75) is 33.6 Å². The Morgan fingerprint density at radius 3 is 2.69 bits per heavy atom. The number of imide groups is 1. The van der Waals surface area contributed by atoms with Crippen LogP contribution in [0, 0.1) is 5.92 Å². The molecule has 0 aromatic rings. The molecule has 0 bridgehead atoms. The van der Waals surface area contributed by atoms with Gasteiger partial charge >= 0.3 is 6.09 Å². The van der Waals surface area contributed by atoms with Gasteiger partial charge in [0.25, 0.3) is 5.91 Å². The second-order valence-electron chi connectivity index (χ2n) is 3.63. The lowest BCUT2D eigenvalue weighted by molar-refractivity contribution is -0.116. The molecule has 0 spiro atoms. The topological polar surface area (TPSA) is 67.8 Å². The van der Waals surface area contributed by atoms with Crippen LogP contribution in [0.4, 0.5) is 4.79 Å². The van der Waals surface area contributed by atoms with Gasteiger partial charge in [-0.05, 0) is 19.3 Å². The van der Waals surface area contributed by atoms with E-state index in [1.54, 1.807) is 0 Å². The fourth-order valence-electron chi connectivity index (χ4n) is 0.934. The van der Waals surface area contributed by atoms with Crippen molar-refractivity contribution in [1.82, 2.24) is 5.32 Å². The average molecular weight is 226 g/mol. The average Bonchev–Trinajstić information content (AvgIpc) is 2.17. The molecule has 0 aliphatic heterocycles. The summed E-state index contributed by atoms with van der Waals surface area (Å²) in [5.74, 6) is -0.323. The summed E-state index contributed by atoms with van der Waals surface area (Å²) in [5, 5.41) is 5.45. The van der Waals surface area contributed by atoms with Gasteiger partial charge in [-0.2, -0.15) is 0 Å². The van der Waals surface area contributed by atoms with Crippen molar-refractivity contribution in [2.75, 3.05) is 0 Å². The molecule has 0 rings (SSSR count). The van der Waals surface area contributed by atoms with Gasteiger partial charge < -0.3 is 0 Å². The van der Waals surface area contributed by atoms with Crippen LogP contribution < -0.4 is 5.32 Å². The molecular weight excluding hydrogens is 208 g/mol. The third kappa shape index (κ3) is 6.75. The molecule has 2 amide bonds. The molecule has 0 aliphatic carbocycles. The summed E-state index contributed by atoms with van der Waals surface area (Å²) in [6.07, 6.45) is 2.65. The number of amides is 2. The van der Waals surface area contributed by atoms with Crippen molar-refractivity contribution in [3.8, 4) is 0 Å². The van der Waals surface area contributed by atoms with E-state index < -0.39 is 12.0 Å². The number of nitrogens with zero attached hydrogens (tertiary/aromatic N) is 1. The highest BCUT2D eigenvalue weighted by Gasteiger charge is 2.08. The summed E-state index contributed by atoms with van der Waals surface area (Å²) in [6, 6.07) is 0. The minimum Gasteiger partial charge on any atom is -0.298 e. The smallest absolute Gasteiger partial charge is 0.298 e. The Balaban J connectivity index is 3.89. The molecule has 0 aromatic heterocycles. The molecule has 0 aromatic carbocycles. The lowest BCUT2D eigenvalue weighted by Crippen LogP contribution is -2.30. The molecule has 5 nitrogen and oxygen atoms in total. The Hall–Kier alpha value is -1.65. The maximum Gasteiger partial charge on any atom is 0.440 e. The van der Waals surface area contributed by atoms with Crippen LogP contribution in [0.15, 0.2) is 17.3 Å². The number of rotatable bonds is 5. The minimum absolute atomic E-state index is 0.236. The zero-order valence-electron chi connectivity index (χ0n) is 9.95. The van der Waals surface area contributed by atoms with Crippen LogP contribution in [-0.4, -0.2) is 18.2 Å². The predicted octanol–water partition coefficient (Wildman–Crippen LogP) is 2.24. The predicted molar refractivity (Wildman–Crippen MR) is 62.0 cm³/mol. The molecule has 0 radical (unpaired) electrons. The first-order valence-corrected chi connectivity index (χ1v) is 5.18. The van der Waals surface area contributed by atoms with Crippen molar-refractivity contribution < 1.29 is 14.4 Å². The molecule has 1 unspecified atom stereocenters. The van der Waals surface area contributed by atoms with Gasteiger partial charge in [0.2, 0.25) is 0 Å². The number of oxime groups is 1. The normalized spacial score (nSPS) is 12.2. The maximum atomic E-state index is 11.0. The number of nitrogens with one attached hydrogen (secondary N) is 1. The van der Waals surface area contributed by atoms with Crippen LogP contribution in [0.3, 0.4) is 0 Å². The number of carbonyl (C=O) groups is 2. The van der Waals surface area contributed by atoms with Crippen LogP contribution in [0.25, 0.3) is 0 Å². The SMILES string of the molecule is C=C(C)C(=O)NC(=O)ON=CC(C)CCC. The van der Waals surface area contributed by atoms with E-state index >= 15 is 0 Å². The van der Waals surface area contributed by atoms with Crippen LogP contribution in [0.1, 0.15) is 33.6 Å². The molecule has 0 saturated heterocycles. The van der Waals surface area contributed by atoms with E-state index in [1.807, 2.05) is 12.2 Å². The molecule has 5 heteroatoms. The fourth-order valence-corrected chi connectivity index (χ4v) is 0.934. The van der Waals surface area contributed by atoms with Crippen molar-refractivity contribution >= 4 is 18.2 Å². The van der Waals surface area contributed by atoms with E-state index in [0.29, 0.717) is 0 Å². The monoisotopic (exact) mass is 226 g/mol. The van der Waals surface area contributed by atoms with E-state index in [4.69, 9.17) is 0 Å². The Morgan fingerprint density at radius 1 is 1.56 bits per heavy atom. The third-order valence-electron chi connectivity index (χ3n) is 1.80. The van der Waals surface area contributed by atoms with Gasteiger partial charge in [0.05, 0.1) is 0 Å². The van der Waals surface area contributed by atoms with Gasteiger partial charge in [0, 0.05) is 11.8 Å². The van der Waals surface area contributed by atoms with Gasteiger partial charge in [-0.15, -0.1) is 0 Å². The van der Waals surface area contributed by atoms with Crippen LogP contribution in [0.5, 0.6) is 0 Å². The number of carbonyl (C=O) groups excluding carboxylic acids is 2. The van der Waals surface area contributed by atoms with Gasteiger partial charge in [0.1, 0.15) is 0 Å². The largest absolute Gasteiger partial charge is 0.440 e. The summed E-state index contributed by atoms with van der Waals surface area (Å²) < 4.78 is 0. The highest BCUT2D eigenvalue weighted by atomic mass is 16.7. The lowest BCUT2D eigenvalue weighted by Gasteiger charge is -2.02. The van der Waals surface area contributed by atoms with E-state index in [0.717, 1.165) is 12.8 Å². The molecule has 16 heavy (non-hydrogen) atoms. The first-order valence-electron chi connectivity index (χ1n) is 5.18. The summed E-state index contributed by atoms with van der Waals surface area (Å²) in [7, 11) is 0. The molecular formula is C11H18N2O3. The second-order valence-corrected chi connectivity index (χ2v) is 3.63. The molecule has 1 N–H and O–H groups in total. The summed E-state index contributed by atoms with van der Waals surface area (Å²) in [4.78, 5) is 26.4. The fraction of sp³-hybridized carbons (Fsp3) is 0.545. The van der Waals surface area contributed by atoms with E-state index in [9.17, 15) is 9.59 Å². The number of hydrogen-bond acceptors (Lipinski definition) is 4. The highest BCUT2D eigenvalue weighted by Crippen LogP contribution is 2.01. The van der Waals surface area contributed by atoms with Gasteiger partial charge in [-0.1, -0.05) is 32.0 Å². The Bertz CT molecular complexity index is 298. The quantitative estimate of drug-likeness (QED) is 0.338. The van der Waals surface area contributed by atoms with Crippen molar-refractivity contribution in [2.24, 2.45) is 11.1 Å². The summed E-state index contributed by atoms with van der Waals surface area (Å²) in [6.45, 7) is 8.90. The molecule has 0 fully saturated rings. The highest BCUT2D eigenvalue weighted by molar-refractivity contribution is 6.01. The van der Waals surface area contributed by atoms with Gasteiger partial charge in [0.15, 0.2) is 0 Å². The number of hydrogen-bond donors (Lipinski definition) is 1. The first kappa shape index (κ1) is 14.3. The van der Waals surface area contributed by atoms with E-state index in [-0.39, 0.29) is 11.5 Å². The first-order chi connectivity index (χ1) is 7.47. The summed E-state index contributed by atoms with van der Waals surface area (Å²) >= 11 is 0.